The Hall–Kier alpha value is -2.34. The van der Waals surface area contributed by atoms with Gasteiger partial charge in [0.25, 0.3) is 5.89 Å². The van der Waals surface area contributed by atoms with Gasteiger partial charge in [0, 0.05) is 18.8 Å². The van der Waals surface area contributed by atoms with E-state index in [1.807, 2.05) is 33.0 Å². The fraction of sp³-hybridized carbons (Fsp3) is 0.267. The van der Waals surface area contributed by atoms with Gasteiger partial charge < -0.3 is 9.26 Å². The van der Waals surface area contributed by atoms with Crippen LogP contribution in [-0.4, -0.2) is 26.0 Å². The molecule has 0 saturated carbocycles. The van der Waals surface area contributed by atoms with Crippen molar-refractivity contribution >= 4 is 11.6 Å². The van der Waals surface area contributed by atoms with Crippen molar-refractivity contribution in [1.82, 2.24) is 19.9 Å². The summed E-state index contributed by atoms with van der Waals surface area (Å²) in [6.45, 7) is 3.90. The number of hydrogen-bond donors (Lipinski definition) is 0. The fourth-order valence-corrected chi connectivity index (χ4v) is 2.24. The molecule has 0 atom stereocenters. The molecule has 0 fully saturated rings. The molecule has 2 aromatic heterocycles. The summed E-state index contributed by atoms with van der Waals surface area (Å²) in [5.74, 6) is 1.51. The van der Waals surface area contributed by atoms with Crippen molar-refractivity contribution in [2.75, 3.05) is 0 Å². The Morgan fingerprint density at radius 2 is 2.09 bits per heavy atom. The molecular weight excluding hydrogens is 304 g/mol. The molecular formula is C15H15ClN4O2. The summed E-state index contributed by atoms with van der Waals surface area (Å²) in [4.78, 5) is 4.38. The highest BCUT2D eigenvalue weighted by Crippen LogP contribution is 2.30. The lowest BCUT2D eigenvalue weighted by molar-refractivity contribution is 0.242. The normalized spacial score (nSPS) is 11.1. The number of nitrogens with zero attached hydrogens (tertiary/aromatic N) is 4. The second-order valence-corrected chi connectivity index (χ2v) is 5.48. The lowest BCUT2D eigenvalue weighted by Gasteiger charge is -2.11. The summed E-state index contributed by atoms with van der Waals surface area (Å²) in [5.41, 5.74) is 1.52. The highest BCUT2D eigenvalue weighted by molar-refractivity contribution is 6.32. The van der Waals surface area contributed by atoms with Gasteiger partial charge in [-0.2, -0.15) is 10.1 Å². The van der Waals surface area contributed by atoms with Crippen LogP contribution < -0.4 is 4.74 Å². The molecule has 7 heteroatoms. The predicted molar refractivity (Wildman–Crippen MR) is 82.7 cm³/mol. The van der Waals surface area contributed by atoms with E-state index >= 15 is 0 Å². The van der Waals surface area contributed by atoms with Gasteiger partial charge in [0.15, 0.2) is 0 Å². The molecule has 22 heavy (non-hydrogen) atoms. The van der Waals surface area contributed by atoms with Crippen molar-refractivity contribution in [3.8, 4) is 28.7 Å². The van der Waals surface area contributed by atoms with Crippen molar-refractivity contribution in [3.05, 3.63) is 35.5 Å². The number of halogens is 1. The third-order valence-electron chi connectivity index (χ3n) is 3.02. The standard InChI is InChI=1S/C15H15ClN4O2/c1-9(2)21-13-5-4-10(8-11(13)16)14-18-15(22-19-14)12-6-7-17-20(12)3/h4-9H,1-3H3. The van der Waals surface area contributed by atoms with E-state index in [1.165, 1.54) is 0 Å². The molecule has 0 aliphatic heterocycles. The zero-order valence-electron chi connectivity index (χ0n) is 12.4. The summed E-state index contributed by atoms with van der Waals surface area (Å²) in [6.07, 6.45) is 1.73. The third-order valence-corrected chi connectivity index (χ3v) is 3.31. The van der Waals surface area contributed by atoms with E-state index in [1.54, 1.807) is 23.0 Å². The summed E-state index contributed by atoms with van der Waals surface area (Å²) in [5, 5.41) is 8.58. The highest BCUT2D eigenvalue weighted by atomic mass is 35.5. The van der Waals surface area contributed by atoms with Crippen LogP contribution in [-0.2, 0) is 7.05 Å². The van der Waals surface area contributed by atoms with Crippen molar-refractivity contribution < 1.29 is 9.26 Å². The molecule has 0 spiro atoms. The maximum absolute atomic E-state index is 6.23. The largest absolute Gasteiger partial charge is 0.489 e. The van der Waals surface area contributed by atoms with Crippen LogP contribution in [0.5, 0.6) is 5.75 Å². The van der Waals surface area contributed by atoms with Crippen LogP contribution in [0.4, 0.5) is 0 Å². The molecule has 1 aromatic carbocycles. The summed E-state index contributed by atoms with van der Waals surface area (Å²) < 4.78 is 12.6. The quantitative estimate of drug-likeness (QED) is 0.735. The molecule has 0 radical (unpaired) electrons. The lowest BCUT2D eigenvalue weighted by Crippen LogP contribution is -2.05. The van der Waals surface area contributed by atoms with Crippen LogP contribution in [0, 0.1) is 0 Å². The molecule has 6 nitrogen and oxygen atoms in total. The van der Waals surface area contributed by atoms with Gasteiger partial charge in [-0.05, 0) is 38.1 Å². The van der Waals surface area contributed by atoms with Gasteiger partial charge in [0.2, 0.25) is 5.82 Å². The van der Waals surface area contributed by atoms with Crippen molar-refractivity contribution in [2.24, 2.45) is 7.05 Å². The van der Waals surface area contributed by atoms with Crippen LogP contribution in [0.15, 0.2) is 35.0 Å². The first kappa shape index (κ1) is 14.6. The number of rotatable bonds is 4. The lowest BCUT2D eigenvalue weighted by atomic mass is 10.2. The molecule has 0 amide bonds. The average molecular weight is 319 g/mol. The first-order valence-electron chi connectivity index (χ1n) is 6.83. The molecule has 0 aliphatic carbocycles. The zero-order chi connectivity index (χ0) is 15.7. The van der Waals surface area contributed by atoms with E-state index in [2.05, 4.69) is 15.2 Å². The van der Waals surface area contributed by atoms with Crippen molar-refractivity contribution in [3.63, 3.8) is 0 Å². The van der Waals surface area contributed by atoms with Crippen LogP contribution in [0.2, 0.25) is 5.02 Å². The average Bonchev–Trinajstić information content (AvgIpc) is 3.09. The number of aromatic nitrogens is 4. The van der Waals surface area contributed by atoms with Gasteiger partial charge in [-0.25, -0.2) is 0 Å². The van der Waals surface area contributed by atoms with E-state index in [0.717, 1.165) is 11.3 Å². The zero-order valence-corrected chi connectivity index (χ0v) is 13.2. The Bertz CT molecular complexity index is 794. The van der Waals surface area contributed by atoms with Crippen LogP contribution in [0.1, 0.15) is 13.8 Å². The van der Waals surface area contributed by atoms with Gasteiger partial charge in [0.05, 0.1) is 11.1 Å². The van der Waals surface area contributed by atoms with Crippen LogP contribution in [0.25, 0.3) is 23.0 Å². The molecule has 0 saturated heterocycles. The number of aryl methyl sites for hydroxylation is 1. The summed E-state index contributed by atoms with van der Waals surface area (Å²) in [6, 6.07) is 7.22. The second-order valence-electron chi connectivity index (χ2n) is 5.07. The topological polar surface area (TPSA) is 66.0 Å². The van der Waals surface area contributed by atoms with E-state index in [9.17, 15) is 0 Å². The summed E-state index contributed by atoms with van der Waals surface area (Å²) >= 11 is 6.23. The Morgan fingerprint density at radius 1 is 1.27 bits per heavy atom. The summed E-state index contributed by atoms with van der Waals surface area (Å²) in [7, 11) is 1.81. The van der Waals surface area contributed by atoms with E-state index in [-0.39, 0.29) is 6.10 Å². The van der Waals surface area contributed by atoms with Gasteiger partial charge in [0.1, 0.15) is 11.4 Å². The monoisotopic (exact) mass is 318 g/mol. The Balaban J connectivity index is 1.91. The van der Waals surface area contributed by atoms with Crippen molar-refractivity contribution in [2.45, 2.75) is 20.0 Å². The number of benzene rings is 1. The third kappa shape index (κ3) is 2.82. The smallest absolute Gasteiger partial charge is 0.276 e. The molecule has 0 bridgehead atoms. The maximum atomic E-state index is 6.23. The van der Waals surface area contributed by atoms with E-state index < -0.39 is 0 Å². The van der Waals surface area contributed by atoms with Crippen LogP contribution >= 0.6 is 11.6 Å². The second kappa shape index (κ2) is 5.81. The van der Waals surface area contributed by atoms with Gasteiger partial charge in [-0.1, -0.05) is 16.8 Å². The first-order valence-corrected chi connectivity index (χ1v) is 7.21. The minimum Gasteiger partial charge on any atom is -0.489 e. The fourth-order valence-electron chi connectivity index (χ4n) is 2.02. The highest BCUT2D eigenvalue weighted by Gasteiger charge is 2.14. The minimum absolute atomic E-state index is 0.0602. The molecule has 2 heterocycles. The molecule has 3 rings (SSSR count). The molecule has 0 aliphatic rings. The molecule has 0 N–H and O–H groups in total. The van der Waals surface area contributed by atoms with E-state index in [0.29, 0.717) is 22.5 Å². The maximum Gasteiger partial charge on any atom is 0.276 e. The SMILES string of the molecule is CC(C)Oc1ccc(-c2noc(-c3ccnn3C)n2)cc1Cl. The Labute approximate surface area is 132 Å². The van der Waals surface area contributed by atoms with Gasteiger partial charge >= 0.3 is 0 Å². The molecule has 114 valence electrons. The first-order chi connectivity index (χ1) is 10.5. The van der Waals surface area contributed by atoms with Gasteiger partial charge in [-0.15, -0.1) is 0 Å². The molecule has 0 unspecified atom stereocenters. The Kier molecular flexibility index (Phi) is 3.85. The van der Waals surface area contributed by atoms with Crippen LogP contribution in [0.3, 0.4) is 0 Å². The van der Waals surface area contributed by atoms with Gasteiger partial charge in [-0.3, -0.25) is 4.68 Å². The predicted octanol–water partition coefficient (Wildman–Crippen LogP) is 3.58. The minimum atomic E-state index is 0.0602. The Morgan fingerprint density at radius 3 is 2.73 bits per heavy atom. The van der Waals surface area contributed by atoms with Crippen molar-refractivity contribution in [1.29, 1.82) is 0 Å². The molecule has 3 aromatic rings. The number of hydrogen-bond acceptors (Lipinski definition) is 5. The van der Waals surface area contributed by atoms with E-state index in [4.69, 9.17) is 20.9 Å². The number of ether oxygens (including phenoxy) is 1.